The Hall–Kier alpha value is -0.0800. The molecule has 0 bridgehead atoms. The second-order valence-electron chi connectivity index (χ2n) is 4.25. The molecule has 0 heterocycles. The number of ether oxygens (including phenoxy) is 1. The van der Waals surface area contributed by atoms with Gasteiger partial charge in [0.05, 0.1) is 0 Å². The van der Waals surface area contributed by atoms with Crippen molar-refractivity contribution in [2.24, 2.45) is 0 Å². The molecular weight excluding hydrogens is 174 g/mol. The van der Waals surface area contributed by atoms with Gasteiger partial charge in [-0.1, -0.05) is 19.8 Å². The van der Waals surface area contributed by atoms with Crippen molar-refractivity contribution >= 4 is 0 Å². The van der Waals surface area contributed by atoms with Crippen LogP contribution in [0.25, 0.3) is 0 Å². The molecule has 0 saturated heterocycles. The van der Waals surface area contributed by atoms with Gasteiger partial charge in [-0.2, -0.15) is 0 Å². The quantitative estimate of drug-likeness (QED) is 0.532. The molecule has 2 nitrogen and oxygen atoms in total. The summed E-state index contributed by atoms with van der Waals surface area (Å²) < 4.78 is 5.54. The van der Waals surface area contributed by atoms with E-state index in [9.17, 15) is 0 Å². The van der Waals surface area contributed by atoms with Crippen molar-refractivity contribution in [2.75, 3.05) is 26.8 Å². The molecule has 0 saturated carbocycles. The Morgan fingerprint density at radius 2 is 1.71 bits per heavy atom. The summed E-state index contributed by atoms with van der Waals surface area (Å²) >= 11 is 0. The van der Waals surface area contributed by atoms with E-state index in [2.05, 4.69) is 32.7 Å². The third-order valence-electron chi connectivity index (χ3n) is 2.57. The summed E-state index contributed by atoms with van der Waals surface area (Å²) in [5, 5.41) is 0. The lowest BCUT2D eigenvalue weighted by Gasteiger charge is -2.20. The van der Waals surface area contributed by atoms with Gasteiger partial charge in [-0.3, -0.25) is 0 Å². The molecule has 0 amide bonds. The summed E-state index contributed by atoms with van der Waals surface area (Å²) in [5.74, 6) is 0. The van der Waals surface area contributed by atoms with Crippen LogP contribution in [0.4, 0.5) is 0 Å². The van der Waals surface area contributed by atoms with Gasteiger partial charge in [-0.15, -0.1) is 0 Å². The fraction of sp³-hybridized carbons (Fsp3) is 1.00. The Morgan fingerprint density at radius 3 is 2.29 bits per heavy atom. The van der Waals surface area contributed by atoms with Crippen molar-refractivity contribution in [3.63, 3.8) is 0 Å². The molecule has 0 atom stereocenters. The van der Waals surface area contributed by atoms with Gasteiger partial charge in [0, 0.05) is 25.8 Å². The number of nitrogens with zero attached hydrogens (tertiary/aromatic N) is 1. The highest BCUT2D eigenvalue weighted by Gasteiger charge is 2.01. The summed E-state index contributed by atoms with van der Waals surface area (Å²) in [6.07, 6.45) is 4.95. The lowest BCUT2D eigenvalue weighted by atomic mass is 10.3. The minimum absolute atomic E-state index is 0.648. The summed E-state index contributed by atoms with van der Waals surface area (Å²) in [6.45, 7) is 9.67. The molecule has 14 heavy (non-hydrogen) atoms. The molecule has 0 aliphatic carbocycles. The molecular formula is C12H27NO. The minimum atomic E-state index is 0.648. The van der Waals surface area contributed by atoms with Crippen molar-refractivity contribution in [3.8, 4) is 0 Å². The van der Waals surface area contributed by atoms with Crippen LogP contribution in [0.15, 0.2) is 0 Å². The van der Waals surface area contributed by atoms with Crippen LogP contribution in [-0.4, -0.2) is 37.7 Å². The van der Waals surface area contributed by atoms with Crippen LogP contribution in [0.2, 0.25) is 0 Å². The van der Waals surface area contributed by atoms with Gasteiger partial charge in [-0.05, 0) is 33.7 Å². The Labute approximate surface area is 89.6 Å². The first kappa shape index (κ1) is 13.9. The summed E-state index contributed by atoms with van der Waals surface area (Å²) in [6, 6.07) is 0.648. The maximum Gasteiger partial charge on any atom is 0.0478 e. The first-order chi connectivity index (χ1) is 6.68. The molecule has 0 aromatic heterocycles. The summed E-state index contributed by atoms with van der Waals surface area (Å²) in [7, 11) is 2.17. The summed E-state index contributed by atoms with van der Waals surface area (Å²) in [5.41, 5.74) is 0. The molecule has 0 aliphatic heterocycles. The summed E-state index contributed by atoms with van der Waals surface area (Å²) in [4.78, 5) is 2.36. The van der Waals surface area contributed by atoms with E-state index < -0.39 is 0 Å². The normalized spacial score (nSPS) is 11.6. The Morgan fingerprint density at radius 1 is 1.07 bits per heavy atom. The van der Waals surface area contributed by atoms with Gasteiger partial charge < -0.3 is 9.64 Å². The van der Waals surface area contributed by atoms with Gasteiger partial charge in [0.25, 0.3) is 0 Å². The Bertz CT molecular complexity index is 115. The van der Waals surface area contributed by atoms with Crippen LogP contribution >= 0.6 is 0 Å². The average molecular weight is 201 g/mol. The topological polar surface area (TPSA) is 12.5 Å². The molecule has 0 unspecified atom stereocenters. The van der Waals surface area contributed by atoms with Crippen molar-refractivity contribution in [1.82, 2.24) is 4.90 Å². The third-order valence-corrected chi connectivity index (χ3v) is 2.57. The van der Waals surface area contributed by atoms with E-state index in [-0.39, 0.29) is 0 Å². The van der Waals surface area contributed by atoms with Crippen molar-refractivity contribution in [3.05, 3.63) is 0 Å². The fourth-order valence-electron chi connectivity index (χ4n) is 1.23. The Balaban J connectivity index is 3.06. The van der Waals surface area contributed by atoms with Crippen LogP contribution in [0.1, 0.15) is 46.5 Å². The van der Waals surface area contributed by atoms with Crippen LogP contribution in [0.3, 0.4) is 0 Å². The predicted octanol–water partition coefficient (Wildman–Crippen LogP) is 2.92. The van der Waals surface area contributed by atoms with Crippen LogP contribution in [0, 0.1) is 0 Å². The highest BCUT2D eigenvalue weighted by atomic mass is 16.5. The molecule has 0 aromatic rings. The van der Waals surface area contributed by atoms with Gasteiger partial charge in [0.1, 0.15) is 0 Å². The van der Waals surface area contributed by atoms with Crippen LogP contribution < -0.4 is 0 Å². The molecule has 2 heteroatoms. The SMILES string of the molecule is CCCCCOCCCN(C)C(C)C. The lowest BCUT2D eigenvalue weighted by Crippen LogP contribution is -2.27. The fourth-order valence-corrected chi connectivity index (χ4v) is 1.23. The van der Waals surface area contributed by atoms with Gasteiger partial charge in [0.2, 0.25) is 0 Å². The van der Waals surface area contributed by atoms with Crippen molar-refractivity contribution in [1.29, 1.82) is 0 Å². The van der Waals surface area contributed by atoms with Gasteiger partial charge in [0.15, 0.2) is 0 Å². The molecule has 86 valence electrons. The zero-order valence-corrected chi connectivity index (χ0v) is 10.4. The second kappa shape index (κ2) is 9.47. The molecule has 0 aromatic carbocycles. The Kier molecular flexibility index (Phi) is 9.42. The second-order valence-corrected chi connectivity index (χ2v) is 4.25. The number of hydrogen-bond acceptors (Lipinski definition) is 2. The van der Waals surface area contributed by atoms with E-state index >= 15 is 0 Å². The first-order valence-electron chi connectivity index (χ1n) is 5.96. The number of unbranched alkanes of at least 4 members (excludes halogenated alkanes) is 2. The third kappa shape index (κ3) is 8.52. The largest absolute Gasteiger partial charge is 0.381 e. The van der Waals surface area contributed by atoms with E-state index in [1.54, 1.807) is 0 Å². The van der Waals surface area contributed by atoms with E-state index in [0.717, 1.165) is 26.2 Å². The van der Waals surface area contributed by atoms with E-state index in [4.69, 9.17) is 4.74 Å². The van der Waals surface area contributed by atoms with Crippen LogP contribution in [0.5, 0.6) is 0 Å². The van der Waals surface area contributed by atoms with Crippen molar-refractivity contribution in [2.45, 2.75) is 52.5 Å². The zero-order valence-electron chi connectivity index (χ0n) is 10.4. The van der Waals surface area contributed by atoms with Crippen LogP contribution in [-0.2, 0) is 4.74 Å². The van der Waals surface area contributed by atoms with Gasteiger partial charge >= 0.3 is 0 Å². The van der Waals surface area contributed by atoms with E-state index in [0.29, 0.717) is 6.04 Å². The average Bonchev–Trinajstić information content (AvgIpc) is 2.16. The number of hydrogen-bond donors (Lipinski definition) is 0. The van der Waals surface area contributed by atoms with Crippen molar-refractivity contribution < 1.29 is 4.74 Å². The lowest BCUT2D eigenvalue weighted by molar-refractivity contribution is 0.117. The highest BCUT2D eigenvalue weighted by Crippen LogP contribution is 1.97. The number of rotatable bonds is 9. The van der Waals surface area contributed by atoms with Gasteiger partial charge in [-0.25, -0.2) is 0 Å². The molecule has 0 aliphatic rings. The first-order valence-corrected chi connectivity index (χ1v) is 5.96. The smallest absolute Gasteiger partial charge is 0.0478 e. The standard InChI is InChI=1S/C12H27NO/c1-5-6-7-10-14-11-8-9-13(4)12(2)3/h12H,5-11H2,1-4H3. The highest BCUT2D eigenvalue weighted by molar-refractivity contribution is 4.55. The molecule has 0 spiro atoms. The monoisotopic (exact) mass is 201 g/mol. The maximum absolute atomic E-state index is 5.54. The molecule has 0 N–H and O–H groups in total. The molecule has 0 radical (unpaired) electrons. The zero-order chi connectivity index (χ0) is 10.8. The van der Waals surface area contributed by atoms with E-state index in [1.165, 1.54) is 19.3 Å². The minimum Gasteiger partial charge on any atom is -0.381 e. The molecule has 0 rings (SSSR count). The van der Waals surface area contributed by atoms with E-state index in [1.807, 2.05) is 0 Å². The maximum atomic E-state index is 5.54. The predicted molar refractivity (Wildman–Crippen MR) is 62.7 cm³/mol. The molecule has 0 fully saturated rings.